The van der Waals surface area contributed by atoms with E-state index in [0.29, 0.717) is 6.54 Å². The van der Waals surface area contributed by atoms with Gasteiger partial charge in [-0.3, -0.25) is 4.79 Å². The Labute approximate surface area is 98.3 Å². The first-order chi connectivity index (χ1) is 7.74. The summed E-state index contributed by atoms with van der Waals surface area (Å²) in [6.45, 7) is 7.08. The monoisotopic (exact) mass is 225 g/mol. The molecule has 0 aliphatic carbocycles. The minimum Gasteiger partial charge on any atom is -0.339 e. The van der Waals surface area contributed by atoms with E-state index in [9.17, 15) is 4.79 Å². The quantitative estimate of drug-likeness (QED) is 0.540. The first-order valence-electron chi connectivity index (χ1n) is 6.02. The molecular weight excluding hydrogens is 202 g/mol. The fourth-order valence-electron chi connectivity index (χ4n) is 1.72. The fourth-order valence-corrected chi connectivity index (χ4v) is 1.72. The summed E-state index contributed by atoms with van der Waals surface area (Å²) in [5.41, 5.74) is 0. The van der Waals surface area contributed by atoms with Crippen molar-refractivity contribution >= 4 is 5.91 Å². The smallest absolute Gasteiger partial charge is 0.236 e. The summed E-state index contributed by atoms with van der Waals surface area (Å²) >= 11 is 0. The van der Waals surface area contributed by atoms with Crippen molar-refractivity contribution in [2.75, 3.05) is 46.3 Å². The number of likely N-dealkylation sites (N-methyl/N-ethyl adjacent to an activating group) is 1. The number of allylic oxidation sites excluding steroid dienone is 1. The zero-order valence-electron chi connectivity index (χ0n) is 10.4. The lowest BCUT2D eigenvalue weighted by molar-refractivity contribution is -0.131. The maximum Gasteiger partial charge on any atom is 0.236 e. The van der Waals surface area contributed by atoms with Crippen LogP contribution in [0.15, 0.2) is 12.2 Å². The molecule has 92 valence electrons. The maximum absolute atomic E-state index is 11.8. The molecule has 1 amide bonds. The van der Waals surface area contributed by atoms with Crippen molar-refractivity contribution in [1.29, 1.82) is 0 Å². The van der Waals surface area contributed by atoms with Crippen LogP contribution in [0.1, 0.15) is 13.3 Å². The van der Waals surface area contributed by atoms with Crippen molar-refractivity contribution in [2.24, 2.45) is 0 Å². The van der Waals surface area contributed by atoms with Crippen molar-refractivity contribution in [2.45, 2.75) is 13.3 Å². The minimum atomic E-state index is 0.230. The van der Waals surface area contributed by atoms with Gasteiger partial charge in [0.15, 0.2) is 0 Å². The summed E-state index contributed by atoms with van der Waals surface area (Å²) in [4.78, 5) is 16.0. The van der Waals surface area contributed by atoms with Crippen LogP contribution in [-0.4, -0.2) is 62.0 Å². The highest BCUT2D eigenvalue weighted by Gasteiger charge is 2.17. The Kier molecular flexibility index (Phi) is 6.11. The molecular formula is C12H23N3O. The number of carbonyl (C=O) groups is 1. The van der Waals surface area contributed by atoms with Crippen LogP contribution in [0.4, 0.5) is 0 Å². The summed E-state index contributed by atoms with van der Waals surface area (Å²) in [6.07, 6.45) is 5.13. The summed E-state index contributed by atoms with van der Waals surface area (Å²) in [7, 11) is 2.09. The number of hydrogen-bond donors (Lipinski definition) is 1. The van der Waals surface area contributed by atoms with E-state index < -0.39 is 0 Å². The Morgan fingerprint density at radius 1 is 1.31 bits per heavy atom. The standard InChI is InChI=1S/C12H23N3O/c1-3-4-5-6-13-11-12(16)15-9-7-14(2)8-10-15/h3-4,13H,5-11H2,1-2H3/b4-3+. The Hall–Kier alpha value is -0.870. The van der Waals surface area contributed by atoms with Crippen molar-refractivity contribution in [1.82, 2.24) is 15.1 Å². The normalized spacial score (nSPS) is 18.2. The molecule has 0 spiro atoms. The van der Waals surface area contributed by atoms with Gasteiger partial charge < -0.3 is 15.1 Å². The third kappa shape index (κ3) is 4.77. The number of hydrogen-bond acceptors (Lipinski definition) is 3. The van der Waals surface area contributed by atoms with Crippen LogP contribution in [-0.2, 0) is 4.79 Å². The van der Waals surface area contributed by atoms with Gasteiger partial charge in [-0.2, -0.15) is 0 Å². The topological polar surface area (TPSA) is 35.6 Å². The molecule has 4 nitrogen and oxygen atoms in total. The van der Waals surface area contributed by atoms with Crippen molar-refractivity contribution in [3.63, 3.8) is 0 Å². The number of nitrogens with zero attached hydrogens (tertiary/aromatic N) is 2. The molecule has 1 fully saturated rings. The van der Waals surface area contributed by atoms with E-state index in [1.165, 1.54) is 0 Å². The zero-order valence-corrected chi connectivity index (χ0v) is 10.4. The van der Waals surface area contributed by atoms with Gasteiger partial charge in [0.25, 0.3) is 0 Å². The van der Waals surface area contributed by atoms with Crippen LogP contribution < -0.4 is 5.32 Å². The van der Waals surface area contributed by atoms with E-state index >= 15 is 0 Å². The molecule has 1 aliphatic heterocycles. The molecule has 1 rings (SSSR count). The lowest BCUT2D eigenvalue weighted by atomic mass is 10.3. The second kappa shape index (κ2) is 7.41. The van der Waals surface area contributed by atoms with Gasteiger partial charge in [-0.25, -0.2) is 0 Å². The molecule has 1 heterocycles. The molecule has 0 bridgehead atoms. The van der Waals surface area contributed by atoms with Crippen molar-refractivity contribution in [3.8, 4) is 0 Å². The van der Waals surface area contributed by atoms with Gasteiger partial charge >= 0.3 is 0 Å². The average Bonchev–Trinajstić information content (AvgIpc) is 2.29. The molecule has 1 aliphatic rings. The number of piperazine rings is 1. The van der Waals surface area contributed by atoms with Crippen LogP contribution in [0, 0.1) is 0 Å². The molecule has 0 aromatic rings. The van der Waals surface area contributed by atoms with Crippen LogP contribution in [0.5, 0.6) is 0 Å². The number of rotatable bonds is 5. The highest BCUT2D eigenvalue weighted by Crippen LogP contribution is 1.98. The van der Waals surface area contributed by atoms with Crippen molar-refractivity contribution < 1.29 is 4.79 Å². The Balaban J connectivity index is 2.10. The van der Waals surface area contributed by atoms with E-state index in [4.69, 9.17) is 0 Å². The van der Waals surface area contributed by atoms with E-state index in [2.05, 4.69) is 23.3 Å². The molecule has 1 saturated heterocycles. The summed E-state index contributed by atoms with van der Waals surface area (Å²) < 4.78 is 0. The number of nitrogens with one attached hydrogen (secondary N) is 1. The molecule has 0 aromatic heterocycles. The van der Waals surface area contributed by atoms with E-state index in [0.717, 1.165) is 39.1 Å². The summed E-state index contributed by atoms with van der Waals surface area (Å²) in [5, 5.41) is 3.17. The summed E-state index contributed by atoms with van der Waals surface area (Å²) in [6, 6.07) is 0. The molecule has 0 aromatic carbocycles. The van der Waals surface area contributed by atoms with Gasteiger partial charge in [0.05, 0.1) is 6.54 Å². The third-order valence-corrected chi connectivity index (χ3v) is 2.86. The molecule has 1 N–H and O–H groups in total. The average molecular weight is 225 g/mol. The largest absolute Gasteiger partial charge is 0.339 e. The second-order valence-electron chi connectivity index (χ2n) is 4.22. The SMILES string of the molecule is C/C=C/CCNCC(=O)N1CCN(C)CC1. The Morgan fingerprint density at radius 2 is 2.00 bits per heavy atom. The molecule has 0 saturated carbocycles. The van der Waals surface area contributed by atoms with Crippen LogP contribution in [0.2, 0.25) is 0 Å². The molecule has 0 unspecified atom stereocenters. The van der Waals surface area contributed by atoms with Gasteiger partial charge in [0.1, 0.15) is 0 Å². The number of carbonyl (C=O) groups excluding carboxylic acids is 1. The second-order valence-corrected chi connectivity index (χ2v) is 4.22. The van der Waals surface area contributed by atoms with Gasteiger partial charge in [-0.05, 0) is 26.9 Å². The molecule has 4 heteroatoms. The Bertz CT molecular complexity index is 232. The first kappa shape index (κ1) is 13.2. The molecule has 0 atom stereocenters. The Morgan fingerprint density at radius 3 is 2.62 bits per heavy atom. The lowest BCUT2D eigenvalue weighted by Gasteiger charge is -2.32. The minimum absolute atomic E-state index is 0.230. The molecule has 16 heavy (non-hydrogen) atoms. The maximum atomic E-state index is 11.8. The van der Waals surface area contributed by atoms with Gasteiger partial charge in [-0.15, -0.1) is 0 Å². The lowest BCUT2D eigenvalue weighted by Crippen LogP contribution is -2.49. The van der Waals surface area contributed by atoms with Gasteiger partial charge in [-0.1, -0.05) is 12.2 Å². The predicted octanol–water partition coefficient (Wildman–Crippen LogP) is 0.316. The highest BCUT2D eigenvalue weighted by atomic mass is 16.2. The van der Waals surface area contributed by atoms with Gasteiger partial charge in [0.2, 0.25) is 5.91 Å². The fraction of sp³-hybridized carbons (Fsp3) is 0.750. The van der Waals surface area contributed by atoms with E-state index in [1.807, 2.05) is 17.9 Å². The third-order valence-electron chi connectivity index (χ3n) is 2.86. The van der Waals surface area contributed by atoms with E-state index in [1.54, 1.807) is 0 Å². The molecule has 0 radical (unpaired) electrons. The van der Waals surface area contributed by atoms with E-state index in [-0.39, 0.29) is 5.91 Å². The van der Waals surface area contributed by atoms with Crippen molar-refractivity contribution in [3.05, 3.63) is 12.2 Å². The summed E-state index contributed by atoms with van der Waals surface area (Å²) in [5.74, 6) is 0.230. The van der Waals surface area contributed by atoms with Crippen LogP contribution >= 0.6 is 0 Å². The predicted molar refractivity (Wildman–Crippen MR) is 66.4 cm³/mol. The number of amides is 1. The van der Waals surface area contributed by atoms with Gasteiger partial charge in [0, 0.05) is 26.2 Å². The van der Waals surface area contributed by atoms with Crippen LogP contribution in [0.25, 0.3) is 0 Å². The highest BCUT2D eigenvalue weighted by molar-refractivity contribution is 5.78. The van der Waals surface area contributed by atoms with Crippen LogP contribution in [0.3, 0.4) is 0 Å². The zero-order chi connectivity index (χ0) is 11.8. The first-order valence-corrected chi connectivity index (χ1v) is 6.02.